The Bertz CT molecular complexity index is 1110. The lowest BCUT2D eigenvalue weighted by molar-refractivity contribution is -0.157. The number of piperidine rings is 1. The summed E-state index contributed by atoms with van der Waals surface area (Å²) >= 11 is 0. The molecular weight excluding hydrogens is 491 g/mol. The zero-order chi connectivity index (χ0) is 26.8. The van der Waals surface area contributed by atoms with E-state index in [-0.39, 0.29) is 18.2 Å². The quantitative estimate of drug-likeness (QED) is 0.595. The second-order valence-electron chi connectivity index (χ2n) is 10.6. The molecule has 2 fully saturated rings. The fourth-order valence-electron chi connectivity index (χ4n) is 4.75. The molecule has 11 heteroatoms. The number of carbonyl (C=O) groups excluding carboxylic acids is 2. The topological polar surface area (TPSA) is 84.1 Å². The third-order valence-corrected chi connectivity index (χ3v) is 6.48. The van der Waals surface area contributed by atoms with Crippen LogP contribution in [0.3, 0.4) is 0 Å². The predicted octanol–water partition coefficient (Wildman–Crippen LogP) is 4.99. The summed E-state index contributed by atoms with van der Waals surface area (Å²) in [5.74, 6) is -0.384. The van der Waals surface area contributed by atoms with Gasteiger partial charge in [-0.05, 0) is 57.9 Å². The van der Waals surface area contributed by atoms with Crippen molar-refractivity contribution in [2.75, 3.05) is 39.4 Å². The molecule has 0 bridgehead atoms. The molecule has 0 spiro atoms. The van der Waals surface area contributed by atoms with Gasteiger partial charge in [-0.2, -0.15) is 13.2 Å². The molecule has 0 radical (unpaired) electrons. The molecule has 204 valence electrons. The highest BCUT2D eigenvalue weighted by molar-refractivity contribution is 5.98. The van der Waals surface area contributed by atoms with Gasteiger partial charge in [-0.1, -0.05) is 0 Å². The number of hydrogen-bond acceptors (Lipinski definition) is 5. The summed E-state index contributed by atoms with van der Waals surface area (Å²) in [6.45, 7) is 7.78. The number of morpholine rings is 1. The Morgan fingerprint density at radius 3 is 2.51 bits per heavy atom. The smallest absolute Gasteiger partial charge is 0.410 e. The van der Waals surface area contributed by atoms with Crippen LogP contribution in [0.5, 0.6) is 5.75 Å². The highest BCUT2D eigenvalue weighted by Gasteiger charge is 2.40. The summed E-state index contributed by atoms with van der Waals surface area (Å²) < 4.78 is 57.2. The van der Waals surface area contributed by atoms with Crippen LogP contribution in [0, 0.1) is 5.92 Å². The normalized spacial score (nSPS) is 20.1. The van der Waals surface area contributed by atoms with Gasteiger partial charge in [0.25, 0.3) is 5.91 Å². The van der Waals surface area contributed by atoms with Crippen molar-refractivity contribution >= 4 is 22.9 Å². The van der Waals surface area contributed by atoms with Gasteiger partial charge in [-0.3, -0.25) is 4.79 Å². The number of benzene rings is 1. The predicted molar refractivity (Wildman–Crippen MR) is 131 cm³/mol. The van der Waals surface area contributed by atoms with Gasteiger partial charge < -0.3 is 29.0 Å². The SMILES string of the molecule is CC(C)(C)OC(=O)N1CCCC(C(CC(F)(F)F)Oc2ccc3[nH]c(C(=O)N4CCOCC4)cc3c2)C1. The number of fused-ring (bicyclic) bond motifs is 1. The van der Waals surface area contributed by atoms with E-state index in [4.69, 9.17) is 14.2 Å². The Morgan fingerprint density at radius 2 is 1.84 bits per heavy atom. The van der Waals surface area contributed by atoms with Gasteiger partial charge in [0.15, 0.2) is 0 Å². The fourth-order valence-corrected chi connectivity index (χ4v) is 4.75. The van der Waals surface area contributed by atoms with E-state index in [9.17, 15) is 22.8 Å². The molecule has 1 N–H and O–H groups in total. The Labute approximate surface area is 214 Å². The minimum atomic E-state index is -4.44. The molecule has 0 aliphatic carbocycles. The minimum Gasteiger partial charge on any atom is -0.490 e. The number of halogens is 3. The second kappa shape index (κ2) is 10.8. The lowest BCUT2D eigenvalue weighted by atomic mass is 9.90. The average Bonchev–Trinajstić information content (AvgIpc) is 3.25. The monoisotopic (exact) mass is 525 g/mol. The summed E-state index contributed by atoms with van der Waals surface area (Å²) in [6, 6.07) is 6.61. The van der Waals surface area contributed by atoms with Crippen LogP contribution in [0.15, 0.2) is 24.3 Å². The van der Waals surface area contributed by atoms with Gasteiger partial charge in [-0.15, -0.1) is 0 Å². The van der Waals surface area contributed by atoms with Crippen LogP contribution < -0.4 is 4.74 Å². The number of hydrogen-bond donors (Lipinski definition) is 1. The van der Waals surface area contributed by atoms with Crippen molar-refractivity contribution in [1.29, 1.82) is 0 Å². The number of ether oxygens (including phenoxy) is 3. The Morgan fingerprint density at radius 1 is 1.11 bits per heavy atom. The third kappa shape index (κ3) is 7.30. The van der Waals surface area contributed by atoms with E-state index in [0.29, 0.717) is 62.3 Å². The Balaban J connectivity index is 1.50. The molecule has 2 unspecified atom stereocenters. The Kier molecular flexibility index (Phi) is 7.91. The number of amides is 2. The van der Waals surface area contributed by atoms with E-state index in [2.05, 4.69) is 4.98 Å². The van der Waals surface area contributed by atoms with Gasteiger partial charge in [0.05, 0.1) is 19.6 Å². The number of aromatic amines is 1. The number of alkyl halides is 3. The number of nitrogens with zero attached hydrogens (tertiary/aromatic N) is 2. The fraction of sp³-hybridized carbons (Fsp3) is 0.615. The van der Waals surface area contributed by atoms with E-state index < -0.39 is 36.3 Å². The van der Waals surface area contributed by atoms with Crippen LogP contribution in [-0.4, -0.2) is 84.1 Å². The maximum absolute atomic E-state index is 13.5. The van der Waals surface area contributed by atoms with Gasteiger partial charge in [0.1, 0.15) is 23.1 Å². The lowest BCUT2D eigenvalue weighted by Crippen LogP contribution is -2.47. The van der Waals surface area contributed by atoms with E-state index in [1.165, 1.54) is 4.90 Å². The maximum Gasteiger partial charge on any atom is 0.410 e. The van der Waals surface area contributed by atoms with Crippen molar-refractivity contribution in [3.05, 3.63) is 30.0 Å². The molecule has 2 aliphatic heterocycles. The molecule has 4 rings (SSSR count). The van der Waals surface area contributed by atoms with Crippen LogP contribution in [0.2, 0.25) is 0 Å². The van der Waals surface area contributed by atoms with Crippen molar-refractivity contribution in [1.82, 2.24) is 14.8 Å². The summed E-state index contributed by atoms with van der Waals surface area (Å²) in [6.07, 6.45) is -6.21. The van der Waals surface area contributed by atoms with E-state index in [0.717, 1.165) is 0 Å². The van der Waals surface area contributed by atoms with Gasteiger partial charge in [-0.25, -0.2) is 4.79 Å². The second-order valence-corrected chi connectivity index (χ2v) is 10.6. The minimum absolute atomic E-state index is 0.125. The summed E-state index contributed by atoms with van der Waals surface area (Å²) in [4.78, 5) is 31.6. The molecule has 1 aromatic heterocycles. The molecular formula is C26H34F3N3O5. The summed E-state index contributed by atoms with van der Waals surface area (Å²) in [7, 11) is 0. The van der Waals surface area contributed by atoms with Gasteiger partial charge >= 0.3 is 12.3 Å². The average molecular weight is 526 g/mol. The molecule has 37 heavy (non-hydrogen) atoms. The number of nitrogens with one attached hydrogen (secondary N) is 1. The highest BCUT2D eigenvalue weighted by atomic mass is 19.4. The van der Waals surface area contributed by atoms with E-state index >= 15 is 0 Å². The maximum atomic E-state index is 13.5. The molecule has 0 saturated carbocycles. The van der Waals surface area contributed by atoms with Crippen molar-refractivity contribution < 1.29 is 37.0 Å². The molecule has 8 nitrogen and oxygen atoms in total. The first-order valence-corrected chi connectivity index (χ1v) is 12.6. The largest absolute Gasteiger partial charge is 0.490 e. The zero-order valence-corrected chi connectivity index (χ0v) is 21.4. The first kappa shape index (κ1) is 27.1. The Hall–Kier alpha value is -2.95. The number of rotatable bonds is 5. The van der Waals surface area contributed by atoms with Crippen molar-refractivity contribution in [3.63, 3.8) is 0 Å². The highest BCUT2D eigenvalue weighted by Crippen LogP contribution is 2.33. The molecule has 2 atom stereocenters. The summed E-state index contributed by atoms with van der Waals surface area (Å²) in [5, 5.41) is 0.666. The number of carbonyl (C=O) groups is 2. The number of likely N-dealkylation sites (tertiary alicyclic amines) is 1. The molecule has 2 saturated heterocycles. The van der Waals surface area contributed by atoms with Crippen LogP contribution in [0.25, 0.3) is 10.9 Å². The van der Waals surface area contributed by atoms with Gasteiger partial charge in [0, 0.05) is 43.0 Å². The van der Waals surface area contributed by atoms with Crippen LogP contribution >= 0.6 is 0 Å². The molecule has 1 aromatic carbocycles. The number of aromatic nitrogens is 1. The molecule has 2 amide bonds. The van der Waals surface area contributed by atoms with Crippen molar-refractivity contribution in [2.45, 2.75) is 57.9 Å². The molecule has 3 heterocycles. The lowest BCUT2D eigenvalue weighted by Gasteiger charge is -2.37. The van der Waals surface area contributed by atoms with Crippen LogP contribution in [0.4, 0.5) is 18.0 Å². The van der Waals surface area contributed by atoms with E-state index in [1.807, 2.05) is 0 Å². The van der Waals surface area contributed by atoms with Crippen LogP contribution in [-0.2, 0) is 9.47 Å². The first-order valence-electron chi connectivity index (χ1n) is 12.6. The summed E-state index contributed by atoms with van der Waals surface area (Å²) in [5.41, 5.74) is 0.395. The van der Waals surface area contributed by atoms with E-state index in [1.54, 1.807) is 49.9 Å². The van der Waals surface area contributed by atoms with Crippen molar-refractivity contribution in [3.8, 4) is 5.75 Å². The van der Waals surface area contributed by atoms with Crippen molar-refractivity contribution in [2.24, 2.45) is 5.92 Å². The van der Waals surface area contributed by atoms with Crippen LogP contribution in [0.1, 0.15) is 50.5 Å². The van der Waals surface area contributed by atoms with Gasteiger partial charge in [0.2, 0.25) is 0 Å². The zero-order valence-electron chi connectivity index (χ0n) is 21.4. The molecule has 2 aliphatic rings. The standard InChI is InChI=1S/C26H34F3N3O5/c1-25(2,3)37-24(34)32-8-4-5-17(16-32)22(15-26(27,28)29)36-19-6-7-20-18(13-19)14-21(30-20)23(33)31-9-11-35-12-10-31/h6-7,13-14,17,22,30H,4-5,8-12,15-16H2,1-3H3. The first-order chi connectivity index (χ1) is 17.4. The number of H-pyrrole nitrogens is 1. The molecule has 2 aromatic rings. The third-order valence-electron chi connectivity index (χ3n) is 6.48.